The van der Waals surface area contributed by atoms with Crippen molar-refractivity contribution in [2.75, 3.05) is 6.61 Å². The highest BCUT2D eigenvalue weighted by atomic mass is 16.6. The van der Waals surface area contributed by atoms with Crippen LogP contribution in [0.3, 0.4) is 0 Å². The van der Waals surface area contributed by atoms with Crippen LogP contribution in [-0.2, 0) is 28.6 Å². The number of hydrogen-bond acceptors (Lipinski definition) is 7. The number of fused-ring (bicyclic) bond motifs is 1. The van der Waals surface area contributed by atoms with Crippen molar-refractivity contribution in [2.24, 2.45) is 17.3 Å². The number of nitriles is 1. The second kappa shape index (κ2) is 4.58. The van der Waals surface area contributed by atoms with Crippen LogP contribution in [0.25, 0.3) is 0 Å². The van der Waals surface area contributed by atoms with Gasteiger partial charge in [-0.25, -0.2) is 9.59 Å². The molecule has 0 spiro atoms. The van der Waals surface area contributed by atoms with Gasteiger partial charge in [0.15, 0.2) is 12.7 Å². The molecule has 1 saturated heterocycles. The molecule has 110 valence electrons. The maximum absolute atomic E-state index is 11.7. The lowest BCUT2D eigenvalue weighted by Crippen LogP contribution is -2.42. The average Bonchev–Trinajstić information content (AvgIpc) is 3.06. The molecule has 2 bridgehead atoms. The smallest absolute Gasteiger partial charge is 0.344 e. The molecule has 0 aromatic carbocycles. The number of nitrogens with zero attached hydrogens (tertiary/aromatic N) is 1. The lowest BCUT2D eigenvalue weighted by atomic mass is 9.79. The number of carbonyl (C=O) groups is 3. The van der Waals surface area contributed by atoms with Crippen LogP contribution in [0.15, 0.2) is 12.7 Å². The molecule has 5 unspecified atom stereocenters. The first-order valence-corrected chi connectivity index (χ1v) is 6.61. The van der Waals surface area contributed by atoms with E-state index in [9.17, 15) is 19.6 Å². The minimum absolute atomic E-state index is 0.0642. The normalized spacial score (nSPS) is 38.5. The van der Waals surface area contributed by atoms with Crippen LogP contribution < -0.4 is 0 Å². The number of rotatable bonds is 4. The standard InChI is InChI=1S/C14H13NO6/c1-2-9(16)19-5-10(17)20-12-11-7-3-14(12,6-15)4-8(7)13(18)21-11/h2,7-8,11-12H,1,3-5H2. The van der Waals surface area contributed by atoms with Crippen LogP contribution in [0.4, 0.5) is 0 Å². The van der Waals surface area contributed by atoms with E-state index < -0.39 is 36.2 Å². The van der Waals surface area contributed by atoms with Crippen LogP contribution in [0.2, 0.25) is 0 Å². The Kier molecular flexibility index (Phi) is 2.97. The monoisotopic (exact) mass is 291 g/mol. The first-order chi connectivity index (χ1) is 10.0. The van der Waals surface area contributed by atoms with Gasteiger partial charge in [0.1, 0.15) is 6.10 Å². The van der Waals surface area contributed by atoms with E-state index in [-0.39, 0.29) is 17.8 Å². The molecule has 1 aliphatic heterocycles. The second-order valence-electron chi connectivity index (χ2n) is 5.57. The molecule has 3 rings (SSSR count). The molecule has 0 aromatic heterocycles. The van der Waals surface area contributed by atoms with Gasteiger partial charge in [-0.15, -0.1) is 0 Å². The number of esters is 3. The molecule has 7 nitrogen and oxygen atoms in total. The molecular formula is C14H13NO6. The van der Waals surface area contributed by atoms with E-state index in [4.69, 9.17) is 9.47 Å². The number of carbonyl (C=O) groups excluding carboxylic acids is 3. The summed E-state index contributed by atoms with van der Waals surface area (Å²) in [5.74, 6) is -2.15. The van der Waals surface area contributed by atoms with E-state index in [2.05, 4.69) is 17.4 Å². The maximum atomic E-state index is 11.7. The maximum Gasteiger partial charge on any atom is 0.344 e. The van der Waals surface area contributed by atoms with Gasteiger partial charge < -0.3 is 14.2 Å². The molecule has 7 heteroatoms. The molecule has 5 atom stereocenters. The van der Waals surface area contributed by atoms with Gasteiger partial charge in [-0.2, -0.15) is 5.26 Å². The Bertz CT molecular complexity index is 579. The fourth-order valence-electron chi connectivity index (χ4n) is 3.63. The molecule has 3 aliphatic rings. The van der Waals surface area contributed by atoms with E-state index in [0.717, 1.165) is 6.08 Å². The van der Waals surface area contributed by atoms with Gasteiger partial charge in [0.2, 0.25) is 0 Å². The largest absolute Gasteiger partial charge is 0.458 e. The van der Waals surface area contributed by atoms with Crippen LogP contribution in [0, 0.1) is 28.6 Å². The lowest BCUT2D eigenvalue weighted by molar-refractivity contribution is -0.170. The van der Waals surface area contributed by atoms with Crippen molar-refractivity contribution >= 4 is 17.9 Å². The number of ether oxygens (including phenoxy) is 3. The molecule has 0 radical (unpaired) electrons. The minimum Gasteiger partial charge on any atom is -0.458 e. The molecule has 1 heterocycles. The quantitative estimate of drug-likeness (QED) is 0.411. The average molecular weight is 291 g/mol. The molecule has 3 fully saturated rings. The third-order valence-corrected chi connectivity index (χ3v) is 4.50. The highest BCUT2D eigenvalue weighted by molar-refractivity contribution is 5.84. The Morgan fingerprint density at radius 1 is 1.52 bits per heavy atom. The highest BCUT2D eigenvalue weighted by Gasteiger charge is 2.71. The summed E-state index contributed by atoms with van der Waals surface area (Å²) in [5.41, 5.74) is -0.871. The topological polar surface area (TPSA) is 103 Å². The van der Waals surface area contributed by atoms with E-state index >= 15 is 0 Å². The fraction of sp³-hybridized carbons (Fsp3) is 0.571. The van der Waals surface area contributed by atoms with Crippen molar-refractivity contribution in [3.8, 4) is 6.07 Å². The van der Waals surface area contributed by atoms with E-state index in [1.54, 1.807) is 0 Å². The summed E-state index contributed by atoms with van der Waals surface area (Å²) in [6.07, 6.45) is 0.438. The molecule has 0 N–H and O–H groups in total. The molecule has 0 amide bonds. The van der Waals surface area contributed by atoms with Crippen molar-refractivity contribution in [1.29, 1.82) is 5.26 Å². The van der Waals surface area contributed by atoms with Gasteiger partial charge in [0.25, 0.3) is 0 Å². The van der Waals surface area contributed by atoms with Crippen LogP contribution in [0.5, 0.6) is 0 Å². The molecule has 21 heavy (non-hydrogen) atoms. The lowest BCUT2D eigenvalue weighted by Gasteiger charge is -2.30. The molecule has 0 aromatic rings. The Morgan fingerprint density at radius 2 is 2.29 bits per heavy atom. The van der Waals surface area contributed by atoms with Crippen molar-refractivity contribution in [2.45, 2.75) is 25.0 Å². The summed E-state index contributed by atoms with van der Waals surface area (Å²) < 4.78 is 15.1. The first kappa shape index (κ1) is 13.6. The predicted octanol–water partition coefficient (Wildman–Crippen LogP) is 0.103. The van der Waals surface area contributed by atoms with E-state index in [0.29, 0.717) is 12.8 Å². The van der Waals surface area contributed by atoms with E-state index in [1.807, 2.05) is 0 Å². The first-order valence-electron chi connectivity index (χ1n) is 6.61. The van der Waals surface area contributed by atoms with Gasteiger partial charge in [-0.05, 0) is 12.8 Å². The van der Waals surface area contributed by atoms with Gasteiger partial charge in [-0.1, -0.05) is 6.58 Å². The van der Waals surface area contributed by atoms with Gasteiger partial charge in [0, 0.05) is 12.0 Å². The highest BCUT2D eigenvalue weighted by Crippen LogP contribution is 2.62. The Morgan fingerprint density at radius 3 is 2.95 bits per heavy atom. The van der Waals surface area contributed by atoms with Crippen molar-refractivity contribution < 1.29 is 28.6 Å². The fourth-order valence-corrected chi connectivity index (χ4v) is 3.63. The Labute approximate surface area is 120 Å². The van der Waals surface area contributed by atoms with E-state index in [1.165, 1.54) is 0 Å². The van der Waals surface area contributed by atoms with Crippen LogP contribution in [-0.4, -0.2) is 36.7 Å². The Balaban J connectivity index is 1.70. The zero-order valence-corrected chi connectivity index (χ0v) is 11.1. The zero-order valence-electron chi connectivity index (χ0n) is 11.1. The summed E-state index contributed by atoms with van der Waals surface area (Å²) in [5, 5.41) is 9.43. The predicted molar refractivity (Wildman–Crippen MR) is 65.2 cm³/mol. The SMILES string of the molecule is C=CC(=O)OCC(=O)OC1C2OC(=O)C3CC1(C#N)CC32. The van der Waals surface area contributed by atoms with Crippen molar-refractivity contribution in [3.63, 3.8) is 0 Å². The van der Waals surface area contributed by atoms with Gasteiger partial charge in [0.05, 0.1) is 17.4 Å². The van der Waals surface area contributed by atoms with Crippen LogP contribution in [0.1, 0.15) is 12.8 Å². The second-order valence-corrected chi connectivity index (χ2v) is 5.57. The van der Waals surface area contributed by atoms with Crippen LogP contribution >= 0.6 is 0 Å². The summed E-state index contributed by atoms with van der Waals surface area (Å²) in [4.78, 5) is 34.3. The summed E-state index contributed by atoms with van der Waals surface area (Å²) in [6.45, 7) is 2.65. The van der Waals surface area contributed by atoms with Gasteiger partial charge >= 0.3 is 17.9 Å². The van der Waals surface area contributed by atoms with Crippen molar-refractivity contribution in [1.82, 2.24) is 0 Å². The molecule has 2 saturated carbocycles. The summed E-state index contributed by atoms with van der Waals surface area (Å²) in [7, 11) is 0. The van der Waals surface area contributed by atoms with Crippen molar-refractivity contribution in [3.05, 3.63) is 12.7 Å². The summed E-state index contributed by atoms with van der Waals surface area (Å²) in [6, 6.07) is 2.19. The Hall–Kier alpha value is -2.36. The number of hydrogen-bond donors (Lipinski definition) is 0. The summed E-state index contributed by atoms with van der Waals surface area (Å²) >= 11 is 0. The minimum atomic E-state index is -0.871. The zero-order chi connectivity index (χ0) is 15.2. The third kappa shape index (κ3) is 1.90. The van der Waals surface area contributed by atoms with Gasteiger partial charge in [-0.3, -0.25) is 4.79 Å². The molecule has 2 aliphatic carbocycles. The molecular weight excluding hydrogens is 278 g/mol. The third-order valence-electron chi connectivity index (χ3n) is 4.50.